The molecule has 4 nitrogen and oxygen atoms in total. The van der Waals surface area contributed by atoms with Crippen LogP contribution >= 0.6 is 11.8 Å². The highest BCUT2D eigenvalue weighted by Gasteiger charge is 2.23. The monoisotopic (exact) mass is 252 g/mol. The third-order valence-electron chi connectivity index (χ3n) is 2.49. The fourth-order valence-electron chi connectivity index (χ4n) is 1.78. The molecule has 1 aliphatic rings. The van der Waals surface area contributed by atoms with Crippen LogP contribution in [0.4, 0.5) is 0 Å². The molecule has 1 aromatic carbocycles. The molecule has 1 heterocycles. The highest BCUT2D eigenvalue weighted by Crippen LogP contribution is 2.30. The van der Waals surface area contributed by atoms with Crippen molar-refractivity contribution in [2.75, 3.05) is 11.5 Å². The summed E-state index contributed by atoms with van der Waals surface area (Å²) in [7, 11) is 0. The first kappa shape index (κ1) is 12.0. The van der Waals surface area contributed by atoms with E-state index in [9.17, 15) is 9.59 Å². The number of carbonyl (C=O) groups excluding carboxylic acids is 1. The molecule has 90 valence electrons. The number of thioether (sulfide) groups is 1. The quantitative estimate of drug-likeness (QED) is 0.807. The largest absolute Gasteiger partial charge is 0.489 e. The SMILES string of the molecule is O=Cc1ccc2c(c1)CC(CSCC(=O)O)O2. The number of aliphatic carboxylic acids is 1. The van der Waals surface area contributed by atoms with Gasteiger partial charge in [-0.25, -0.2) is 0 Å². The zero-order valence-corrected chi connectivity index (χ0v) is 9.90. The number of hydrogen-bond donors (Lipinski definition) is 1. The van der Waals surface area contributed by atoms with E-state index in [2.05, 4.69) is 0 Å². The highest BCUT2D eigenvalue weighted by atomic mass is 32.2. The van der Waals surface area contributed by atoms with E-state index in [0.717, 1.165) is 24.0 Å². The van der Waals surface area contributed by atoms with Crippen LogP contribution < -0.4 is 4.74 Å². The van der Waals surface area contributed by atoms with E-state index in [1.54, 1.807) is 12.1 Å². The highest BCUT2D eigenvalue weighted by molar-refractivity contribution is 7.99. The van der Waals surface area contributed by atoms with Gasteiger partial charge in [0.25, 0.3) is 0 Å². The molecule has 0 aromatic heterocycles. The maximum absolute atomic E-state index is 10.6. The Kier molecular flexibility index (Phi) is 3.68. The van der Waals surface area contributed by atoms with Crippen LogP contribution in [0.25, 0.3) is 0 Å². The molecule has 0 radical (unpaired) electrons. The molecular weight excluding hydrogens is 240 g/mol. The van der Waals surface area contributed by atoms with Gasteiger partial charge in [0.15, 0.2) is 0 Å². The lowest BCUT2D eigenvalue weighted by molar-refractivity contribution is -0.133. The molecule has 0 fully saturated rings. The van der Waals surface area contributed by atoms with Gasteiger partial charge >= 0.3 is 5.97 Å². The number of rotatable bonds is 5. The number of aldehydes is 1. The Morgan fingerprint density at radius 3 is 3.12 bits per heavy atom. The fourth-order valence-corrected chi connectivity index (χ4v) is 2.53. The van der Waals surface area contributed by atoms with Crippen molar-refractivity contribution in [3.05, 3.63) is 29.3 Å². The summed E-state index contributed by atoms with van der Waals surface area (Å²) in [6.45, 7) is 0. The first-order valence-electron chi connectivity index (χ1n) is 5.23. The Morgan fingerprint density at radius 1 is 1.59 bits per heavy atom. The smallest absolute Gasteiger partial charge is 0.313 e. The third-order valence-corrected chi connectivity index (χ3v) is 3.55. The number of carbonyl (C=O) groups is 2. The molecule has 0 saturated carbocycles. The summed E-state index contributed by atoms with van der Waals surface area (Å²) in [4.78, 5) is 21.0. The minimum absolute atomic E-state index is 0.0104. The van der Waals surface area contributed by atoms with E-state index in [-0.39, 0.29) is 11.9 Å². The molecule has 1 aromatic rings. The Labute approximate surface area is 103 Å². The number of carboxylic acid groups (broad SMARTS) is 1. The van der Waals surface area contributed by atoms with E-state index < -0.39 is 5.97 Å². The maximum Gasteiger partial charge on any atom is 0.313 e. The van der Waals surface area contributed by atoms with Crippen molar-refractivity contribution in [3.63, 3.8) is 0 Å². The Hall–Kier alpha value is -1.49. The first-order valence-corrected chi connectivity index (χ1v) is 6.39. The van der Waals surface area contributed by atoms with Crippen molar-refractivity contribution in [3.8, 4) is 5.75 Å². The number of ether oxygens (including phenoxy) is 1. The predicted octanol–water partition coefficient (Wildman–Crippen LogP) is 1.62. The van der Waals surface area contributed by atoms with Crippen molar-refractivity contribution >= 4 is 24.0 Å². The minimum atomic E-state index is -0.811. The number of hydrogen-bond acceptors (Lipinski definition) is 4. The van der Waals surface area contributed by atoms with Crippen molar-refractivity contribution in [2.45, 2.75) is 12.5 Å². The summed E-state index contributed by atoms with van der Waals surface area (Å²) in [6.07, 6.45) is 1.56. The lowest BCUT2D eigenvalue weighted by Gasteiger charge is -2.08. The molecule has 1 aliphatic heterocycles. The second kappa shape index (κ2) is 5.23. The Bertz CT molecular complexity index is 444. The van der Waals surface area contributed by atoms with Gasteiger partial charge in [-0.05, 0) is 23.8 Å². The van der Waals surface area contributed by atoms with E-state index in [0.29, 0.717) is 11.3 Å². The fraction of sp³-hybridized carbons (Fsp3) is 0.333. The van der Waals surface area contributed by atoms with Gasteiger partial charge in [0.1, 0.15) is 18.1 Å². The second-order valence-electron chi connectivity index (χ2n) is 3.84. The molecule has 0 amide bonds. The average molecular weight is 252 g/mol. The van der Waals surface area contributed by atoms with Gasteiger partial charge in [-0.15, -0.1) is 11.8 Å². The number of benzene rings is 1. The maximum atomic E-state index is 10.6. The standard InChI is InChI=1S/C12H12O4S/c13-5-8-1-2-11-9(3-8)4-10(16-11)6-17-7-12(14)15/h1-3,5,10H,4,6-7H2,(H,14,15). The van der Waals surface area contributed by atoms with Gasteiger partial charge in [-0.2, -0.15) is 0 Å². The number of fused-ring (bicyclic) bond motifs is 1. The van der Waals surface area contributed by atoms with Gasteiger partial charge in [0, 0.05) is 17.7 Å². The first-order chi connectivity index (χ1) is 8.19. The zero-order chi connectivity index (χ0) is 12.3. The number of carboxylic acids is 1. The normalized spacial score (nSPS) is 17.3. The van der Waals surface area contributed by atoms with Crippen LogP contribution in [0.3, 0.4) is 0 Å². The third kappa shape index (κ3) is 3.00. The molecule has 1 N–H and O–H groups in total. The van der Waals surface area contributed by atoms with Gasteiger partial charge in [0.05, 0.1) is 5.75 Å². The van der Waals surface area contributed by atoms with Crippen molar-refractivity contribution in [1.82, 2.24) is 0 Å². The van der Waals surface area contributed by atoms with E-state index in [1.165, 1.54) is 11.8 Å². The van der Waals surface area contributed by atoms with Gasteiger partial charge < -0.3 is 9.84 Å². The van der Waals surface area contributed by atoms with Crippen LogP contribution in [0, 0.1) is 0 Å². The van der Waals surface area contributed by atoms with Gasteiger partial charge in [0.2, 0.25) is 0 Å². The zero-order valence-electron chi connectivity index (χ0n) is 9.09. The molecule has 17 heavy (non-hydrogen) atoms. The second-order valence-corrected chi connectivity index (χ2v) is 4.87. The van der Waals surface area contributed by atoms with Crippen molar-refractivity contribution in [1.29, 1.82) is 0 Å². The average Bonchev–Trinajstić information content (AvgIpc) is 2.69. The van der Waals surface area contributed by atoms with E-state index in [4.69, 9.17) is 9.84 Å². The molecule has 5 heteroatoms. The molecule has 0 bridgehead atoms. The van der Waals surface area contributed by atoms with E-state index >= 15 is 0 Å². The molecule has 2 rings (SSSR count). The summed E-state index contributed by atoms with van der Waals surface area (Å²) >= 11 is 1.35. The van der Waals surface area contributed by atoms with E-state index in [1.807, 2.05) is 6.07 Å². The minimum Gasteiger partial charge on any atom is -0.489 e. The molecule has 0 spiro atoms. The molecule has 0 aliphatic carbocycles. The topological polar surface area (TPSA) is 63.6 Å². The summed E-state index contributed by atoms with van der Waals surface area (Å²) < 4.78 is 5.66. The Balaban J connectivity index is 1.92. The summed E-state index contributed by atoms with van der Waals surface area (Å²) in [5, 5.41) is 8.53. The predicted molar refractivity (Wildman–Crippen MR) is 64.9 cm³/mol. The lowest BCUT2D eigenvalue weighted by atomic mass is 10.1. The summed E-state index contributed by atoms with van der Waals surface area (Å²) in [6, 6.07) is 5.34. The van der Waals surface area contributed by atoms with Crippen LogP contribution in [0.5, 0.6) is 5.75 Å². The summed E-state index contributed by atoms with van der Waals surface area (Å²) in [5.41, 5.74) is 1.67. The van der Waals surface area contributed by atoms with Gasteiger partial charge in [-0.1, -0.05) is 0 Å². The van der Waals surface area contributed by atoms with Crippen LogP contribution in [-0.4, -0.2) is 35.0 Å². The van der Waals surface area contributed by atoms with Crippen molar-refractivity contribution in [2.24, 2.45) is 0 Å². The Morgan fingerprint density at radius 2 is 2.41 bits per heavy atom. The van der Waals surface area contributed by atoms with Crippen LogP contribution in [0.15, 0.2) is 18.2 Å². The van der Waals surface area contributed by atoms with Crippen LogP contribution in [-0.2, 0) is 11.2 Å². The molecular formula is C12H12O4S. The molecule has 0 saturated heterocycles. The van der Waals surface area contributed by atoms with Crippen LogP contribution in [0.1, 0.15) is 15.9 Å². The lowest BCUT2D eigenvalue weighted by Crippen LogP contribution is -2.17. The molecule has 1 atom stereocenters. The molecule has 1 unspecified atom stereocenters. The van der Waals surface area contributed by atoms with Crippen LogP contribution in [0.2, 0.25) is 0 Å². The van der Waals surface area contributed by atoms with Crippen molar-refractivity contribution < 1.29 is 19.4 Å². The van der Waals surface area contributed by atoms with Gasteiger partial charge in [-0.3, -0.25) is 9.59 Å². The summed E-state index contributed by atoms with van der Waals surface area (Å²) in [5.74, 6) is 0.734.